The molecule has 1 rings (SSSR count). The molecule has 0 unspecified atom stereocenters. The zero-order valence-corrected chi connectivity index (χ0v) is 9.03. The van der Waals surface area contributed by atoms with Crippen LogP contribution in [0.5, 0.6) is 0 Å². The lowest BCUT2D eigenvalue weighted by Gasteiger charge is -2.13. The summed E-state index contributed by atoms with van der Waals surface area (Å²) < 4.78 is 35.8. The fourth-order valence-electron chi connectivity index (χ4n) is 0.974. The molecule has 0 bridgehead atoms. The van der Waals surface area contributed by atoms with Crippen molar-refractivity contribution in [2.24, 2.45) is 5.73 Å². The molecule has 0 aromatic carbocycles. The third kappa shape index (κ3) is 5.20. The Balaban J connectivity index is 0.00000196. The van der Waals surface area contributed by atoms with Crippen LogP contribution in [0.1, 0.15) is 18.0 Å². The van der Waals surface area contributed by atoms with E-state index in [9.17, 15) is 13.2 Å². The molecule has 1 aromatic heterocycles. The number of nitrogens with zero attached hydrogens (tertiary/aromatic N) is 1. The zero-order chi connectivity index (χ0) is 10.8. The highest BCUT2D eigenvalue weighted by molar-refractivity contribution is 6.29. The van der Waals surface area contributed by atoms with Crippen LogP contribution in [0.2, 0.25) is 5.15 Å². The van der Waals surface area contributed by atoms with Crippen LogP contribution >= 0.6 is 24.0 Å². The molecule has 2 nitrogen and oxygen atoms in total. The van der Waals surface area contributed by atoms with E-state index in [-0.39, 0.29) is 17.6 Å². The standard InChI is InChI=1S/C8H8ClF3N2.ClH/c9-7-2-1-5(4-14-7)6(13)3-8(10,11)12;/h1-2,4,6H,3,13H2;1H/t6-;/m0./s1. The van der Waals surface area contributed by atoms with Crippen molar-refractivity contribution in [3.63, 3.8) is 0 Å². The number of alkyl halides is 3. The van der Waals surface area contributed by atoms with Crippen LogP contribution in [-0.4, -0.2) is 11.2 Å². The van der Waals surface area contributed by atoms with Crippen molar-refractivity contribution in [1.29, 1.82) is 0 Å². The number of nitrogens with two attached hydrogens (primary N) is 1. The Labute approximate surface area is 96.0 Å². The molecule has 1 heterocycles. The lowest BCUT2D eigenvalue weighted by atomic mass is 10.1. The molecule has 15 heavy (non-hydrogen) atoms. The van der Waals surface area contributed by atoms with Gasteiger partial charge in [-0.15, -0.1) is 12.4 Å². The lowest BCUT2D eigenvalue weighted by Crippen LogP contribution is -2.20. The minimum Gasteiger partial charge on any atom is -0.324 e. The number of halogens is 5. The van der Waals surface area contributed by atoms with E-state index in [0.717, 1.165) is 0 Å². The van der Waals surface area contributed by atoms with Crippen molar-refractivity contribution in [2.45, 2.75) is 18.6 Å². The molecule has 0 saturated carbocycles. The summed E-state index contributed by atoms with van der Waals surface area (Å²) in [5.74, 6) is 0. The maximum Gasteiger partial charge on any atom is 0.390 e. The molecule has 2 N–H and O–H groups in total. The summed E-state index contributed by atoms with van der Waals surface area (Å²) in [6, 6.07) is 1.76. The molecule has 7 heteroatoms. The largest absolute Gasteiger partial charge is 0.390 e. The Hall–Kier alpha value is -0.520. The van der Waals surface area contributed by atoms with Crippen molar-refractivity contribution in [3.05, 3.63) is 29.0 Å². The second-order valence-corrected chi connectivity index (χ2v) is 3.23. The fraction of sp³-hybridized carbons (Fsp3) is 0.375. The van der Waals surface area contributed by atoms with Gasteiger partial charge in [0.05, 0.1) is 6.42 Å². The highest BCUT2D eigenvalue weighted by Gasteiger charge is 2.30. The van der Waals surface area contributed by atoms with E-state index in [2.05, 4.69) is 4.98 Å². The van der Waals surface area contributed by atoms with Crippen LogP contribution in [0.4, 0.5) is 13.2 Å². The van der Waals surface area contributed by atoms with Gasteiger partial charge < -0.3 is 5.73 Å². The summed E-state index contributed by atoms with van der Waals surface area (Å²) in [6.07, 6.45) is -4.08. The lowest BCUT2D eigenvalue weighted by molar-refractivity contribution is -0.138. The van der Waals surface area contributed by atoms with Gasteiger partial charge >= 0.3 is 6.18 Å². The predicted molar refractivity (Wildman–Crippen MR) is 54.1 cm³/mol. The summed E-state index contributed by atoms with van der Waals surface area (Å²) in [5, 5.41) is 0.230. The van der Waals surface area contributed by atoms with Crippen LogP contribution in [0.25, 0.3) is 0 Å². The van der Waals surface area contributed by atoms with Gasteiger partial charge in [-0.2, -0.15) is 13.2 Å². The van der Waals surface area contributed by atoms with Gasteiger partial charge in [0.15, 0.2) is 0 Å². The Morgan fingerprint density at radius 1 is 1.40 bits per heavy atom. The molecule has 0 aliphatic carbocycles. The Kier molecular flexibility index (Phi) is 5.34. The molecule has 1 atom stereocenters. The second kappa shape index (κ2) is 5.53. The van der Waals surface area contributed by atoms with E-state index >= 15 is 0 Å². The molecule has 0 aliphatic heterocycles. The molecular weight excluding hydrogens is 252 g/mol. The van der Waals surface area contributed by atoms with Gasteiger partial charge in [0.1, 0.15) is 5.15 Å². The number of hydrogen-bond donors (Lipinski definition) is 1. The average molecular weight is 261 g/mol. The Morgan fingerprint density at radius 2 is 2.00 bits per heavy atom. The summed E-state index contributed by atoms with van der Waals surface area (Å²) in [7, 11) is 0. The van der Waals surface area contributed by atoms with Gasteiger partial charge in [-0.3, -0.25) is 0 Å². The monoisotopic (exact) mass is 260 g/mol. The summed E-state index contributed by atoms with van der Waals surface area (Å²) in [4.78, 5) is 3.65. The Morgan fingerprint density at radius 3 is 2.40 bits per heavy atom. The normalized spacial score (nSPS) is 13.1. The quantitative estimate of drug-likeness (QED) is 0.831. The van der Waals surface area contributed by atoms with Crippen molar-refractivity contribution in [1.82, 2.24) is 4.98 Å². The third-order valence-corrected chi connectivity index (χ3v) is 1.85. The van der Waals surface area contributed by atoms with Crippen LogP contribution in [0, 0.1) is 0 Å². The molecule has 1 aromatic rings. The molecule has 0 aliphatic rings. The number of rotatable bonds is 2. The van der Waals surface area contributed by atoms with Gasteiger partial charge in [0.25, 0.3) is 0 Å². The first-order valence-electron chi connectivity index (χ1n) is 3.82. The van der Waals surface area contributed by atoms with Crippen molar-refractivity contribution in [2.75, 3.05) is 0 Å². The van der Waals surface area contributed by atoms with E-state index in [1.165, 1.54) is 18.3 Å². The molecule has 0 amide bonds. The van der Waals surface area contributed by atoms with E-state index < -0.39 is 18.6 Å². The van der Waals surface area contributed by atoms with E-state index in [1.54, 1.807) is 0 Å². The number of pyridine rings is 1. The first-order valence-corrected chi connectivity index (χ1v) is 4.20. The van der Waals surface area contributed by atoms with Crippen LogP contribution < -0.4 is 5.73 Å². The Bertz CT molecular complexity index is 300. The molecule has 0 radical (unpaired) electrons. The van der Waals surface area contributed by atoms with Crippen molar-refractivity contribution < 1.29 is 13.2 Å². The highest BCUT2D eigenvalue weighted by Crippen LogP contribution is 2.27. The molecule has 0 fully saturated rings. The number of hydrogen-bond acceptors (Lipinski definition) is 2. The minimum atomic E-state index is -4.26. The van der Waals surface area contributed by atoms with E-state index in [4.69, 9.17) is 17.3 Å². The fourth-order valence-corrected chi connectivity index (χ4v) is 1.09. The van der Waals surface area contributed by atoms with Crippen LogP contribution in [-0.2, 0) is 0 Å². The summed E-state index contributed by atoms with van der Waals surface area (Å²) in [5.41, 5.74) is 5.65. The van der Waals surface area contributed by atoms with Gasteiger partial charge in [-0.25, -0.2) is 4.98 Å². The molecule has 86 valence electrons. The summed E-state index contributed by atoms with van der Waals surface area (Å²) in [6.45, 7) is 0. The summed E-state index contributed by atoms with van der Waals surface area (Å²) >= 11 is 5.48. The van der Waals surface area contributed by atoms with Gasteiger partial charge in [-0.1, -0.05) is 17.7 Å². The van der Waals surface area contributed by atoms with Crippen molar-refractivity contribution in [3.8, 4) is 0 Å². The van der Waals surface area contributed by atoms with Gasteiger partial charge in [-0.05, 0) is 11.6 Å². The van der Waals surface area contributed by atoms with Crippen LogP contribution in [0.3, 0.4) is 0 Å². The zero-order valence-electron chi connectivity index (χ0n) is 7.46. The topological polar surface area (TPSA) is 38.9 Å². The van der Waals surface area contributed by atoms with E-state index in [0.29, 0.717) is 5.56 Å². The molecule has 0 spiro atoms. The van der Waals surface area contributed by atoms with Crippen LogP contribution in [0.15, 0.2) is 18.3 Å². The number of aromatic nitrogens is 1. The maximum absolute atomic E-state index is 11.9. The van der Waals surface area contributed by atoms with E-state index in [1.807, 2.05) is 0 Å². The first-order chi connectivity index (χ1) is 6.38. The van der Waals surface area contributed by atoms with Gasteiger partial charge in [0, 0.05) is 12.2 Å². The van der Waals surface area contributed by atoms with Crippen molar-refractivity contribution >= 4 is 24.0 Å². The second-order valence-electron chi connectivity index (χ2n) is 2.84. The smallest absolute Gasteiger partial charge is 0.324 e. The molecular formula is C8H9Cl2F3N2. The minimum absolute atomic E-state index is 0. The predicted octanol–water partition coefficient (Wildman–Crippen LogP) is 3.11. The average Bonchev–Trinajstić information content (AvgIpc) is 2.02. The molecule has 0 saturated heterocycles. The maximum atomic E-state index is 11.9. The first kappa shape index (κ1) is 14.5. The third-order valence-electron chi connectivity index (χ3n) is 1.63. The SMILES string of the molecule is Cl.N[C@@H](CC(F)(F)F)c1ccc(Cl)nc1. The highest BCUT2D eigenvalue weighted by atomic mass is 35.5. The van der Waals surface area contributed by atoms with Gasteiger partial charge in [0.2, 0.25) is 0 Å².